The molecule has 2 heterocycles. The number of likely N-dealkylation sites (tertiary alicyclic amines) is 1. The number of piperidine rings is 1. The number of ether oxygens (including phenoxy) is 1. The maximum absolute atomic E-state index is 6.17. The fourth-order valence-electron chi connectivity index (χ4n) is 3.90. The summed E-state index contributed by atoms with van der Waals surface area (Å²) in [5.74, 6) is 1.55. The predicted molar refractivity (Wildman–Crippen MR) is 108 cm³/mol. The summed E-state index contributed by atoms with van der Waals surface area (Å²) in [6, 6.07) is 11.3. The summed E-state index contributed by atoms with van der Waals surface area (Å²) >= 11 is 0. The molecule has 1 aromatic heterocycles. The molecule has 26 heavy (non-hydrogen) atoms. The van der Waals surface area contributed by atoms with Crippen LogP contribution in [0.25, 0.3) is 0 Å². The molecule has 1 saturated heterocycles. The van der Waals surface area contributed by atoms with Gasteiger partial charge >= 0.3 is 0 Å². The quantitative estimate of drug-likeness (QED) is 0.614. The summed E-state index contributed by atoms with van der Waals surface area (Å²) in [4.78, 5) is 6.93. The van der Waals surface area contributed by atoms with Gasteiger partial charge in [-0.1, -0.05) is 38.5 Å². The van der Waals surface area contributed by atoms with Crippen molar-refractivity contribution in [2.45, 2.75) is 58.4 Å². The summed E-state index contributed by atoms with van der Waals surface area (Å²) in [6.45, 7) is 9.62. The minimum Gasteiger partial charge on any atom is -0.493 e. The third-order valence-corrected chi connectivity index (χ3v) is 5.32. The second kappa shape index (κ2) is 9.18. The third-order valence-electron chi connectivity index (χ3n) is 5.32. The minimum absolute atomic E-state index is 0.489. The maximum Gasteiger partial charge on any atom is 0.122 e. The van der Waals surface area contributed by atoms with E-state index in [4.69, 9.17) is 4.74 Å². The van der Waals surface area contributed by atoms with E-state index in [0.717, 1.165) is 25.3 Å². The fraction of sp³-hybridized carbons (Fsp3) is 0.522. The molecule has 1 aromatic carbocycles. The number of hydrogen-bond donors (Lipinski definition) is 0. The van der Waals surface area contributed by atoms with E-state index in [1.54, 1.807) is 0 Å². The second-order valence-electron chi connectivity index (χ2n) is 7.73. The number of aromatic nitrogens is 1. The zero-order valence-corrected chi connectivity index (χ0v) is 16.4. The van der Waals surface area contributed by atoms with Crippen molar-refractivity contribution in [2.24, 2.45) is 0 Å². The van der Waals surface area contributed by atoms with E-state index < -0.39 is 0 Å². The molecule has 0 N–H and O–H groups in total. The van der Waals surface area contributed by atoms with Crippen molar-refractivity contribution >= 4 is 0 Å². The Hall–Kier alpha value is -1.87. The number of benzene rings is 1. The monoisotopic (exact) mass is 352 g/mol. The van der Waals surface area contributed by atoms with E-state index in [2.05, 4.69) is 61.0 Å². The minimum atomic E-state index is 0.489. The lowest BCUT2D eigenvalue weighted by Crippen LogP contribution is -2.34. The number of pyridine rings is 1. The van der Waals surface area contributed by atoms with Gasteiger partial charge in [-0.05, 0) is 67.5 Å². The van der Waals surface area contributed by atoms with Gasteiger partial charge in [-0.3, -0.25) is 9.88 Å². The molecule has 0 radical (unpaired) electrons. The topological polar surface area (TPSA) is 25.4 Å². The fourth-order valence-corrected chi connectivity index (χ4v) is 3.90. The van der Waals surface area contributed by atoms with E-state index in [0.29, 0.717) is 12.0 Å². The first-order chi connectivity index (χ1) is 12.6. The van der Waals surface area contributed by atoms with Crippen LogP contribution in [0.15, 0.2) is 42.7 Å². The van der Waals surface area contributed by atoms with Crippen LogP contribution in [0, 0.1) is 6.92 Å². The molecule has 0 saturated carbocycles. The van der Waals surface area contributed by atoms with Gasteiger partial charge in [0.15, 0.2) is 0 Å². The Balaban J connectivity index is 1.55. The molecule has 2 aromatic rings. The molecule has 0 bridgehead atoms. The highest BCUT2D eigenvalue weighted by atomic mass is 16.5. The molecule has 1 atom stereocenters. The molecule has 3 heteroatoms. The van der Waals surface area contributed by atoms with Crippen LogP contribution in [-0.4, -0.2) is 29.6 Å². The Morgan fingerprint density at radius 1 is 1.23 bits per heavy atom. The van der Waals surface area contributed by atoms with Crippen LogP contribution in [0.4, 0.5) is 0 Å². The van der Waals surface area contributed by atoms with Crippen LogP contribution < -0.4 is 4.74 Å². The molecule has 0 amide bonds. The highest BCUT2D eigenvalue weighted by Crippen LogP contribution is 2.31. The Morgan fingerprint density at radius 3 is 2.88 bits per heavy atom. The van der Waals surface area contributed by atoms with E-state index in [1.165, 1.54) is 42.5 Å². The zero-order valence-electron chi connectivity index (χ0n) is 16.4. The molecular formula is C23H32N2O. The van der Waals surface area contributed by atoms with Gasteiger partial charge in [0, 0.05) is 25.0 Å². The van der Waals surface area contributed by atoms with Gasteiger partial charge in [0.05, 0.1) is 6.61 Å². The average molecular weight is 353 g/mol. The molecule has 3 rings (SSSR count). The largest absolute Gasteiger partial charge is 0.493 e. The lowest BCUT2D eigenvalue weighted by atomic mass is 9.96. The van der Waals surface area contributed by atoms with Crippen molar-refractivity contribution in [3.63, 3.8) is 0 Å². The summed E-state index contributed by atoms with van der Waals surface area (Å²) in [7, 11) is 0. The first-order valence-corrected chi connectivity index (χ1v) is 10.0. The highest BCUT2D eigenvalue weighted by Gasteiger charge is 2.23. The van der Waals surface area contributed by atoms with Crippen LogP contribution >= 0.6 is 0 Å². The van der Waals surface area contributed by atoms with E-state index in [9.17, 15) is 0 Å². The van der Waals surface area contributed by atoms with E-state index >= 15 is 0 Å². The summed E-state index contributed by atoms with van der Waals surface area (Å²) in [5, 5.41) is 0. The standard InChI is InChI=1S/C23H32N2O/c1-18(2)21-11-10-19(3)16-23(21)26-15-7-14-25-13-5-4-9-22(25)20-8-6-12-24-17-20/h6,8,10-12,16-18,22H,4-5,7,9,13-15H2,1-3H3/t22-/m0/s1. The first kappa shape index (κ1) is 18.9. The Bertz CT molecular complexity index is 684. The van der Waals surface area contributed by atoms with Gasteiger partial charge < -0.3 is 4.74 Å². The number of aryl methyl sites for hydroxylation is 1. The number of nitrogens with zero attached hydrogens (tertiary/aromatic N) is 2. The van der Waals surface area contributed by atoms with Crippen molar-refractivity contribution < 1.29 is 4.74 Å². The van der Waals surface area contributed by atoms with Crippen molar-refractivity contribution in [2.75, 3.05) is 19.7 Å². The van der Waals surface area contributed by atoms with Crippen LogP contribution in [0.2, 0.25) is 0 Å². The predicted octanol–water partition coefficient (Wildman–Crippen LogP) is 5.51. The van der Waals surface area contributed by atoms with Gasteiger partial charge in [-0.15, -0.1) is 0 Å². The Morgan fingerprint density at radius 2 is 2.12 bits per heavy atom. The third kappa shape index (κ3) is 4.85. The van der Waals surface area contributed by atoms with E-state index in [-0.39, 0.29) is 0 Å². The zero-order chi connectivity index (χ0) is 18.4. The van der Waals surface area contributed by atoms with Crippen LogP contribution in [0.5, 0.6) is 5.75 Å². The van der Waals surface area contributed by atoms with E-state index in [1.807, 2.05) is 12.4 Å². The molecular weight excluding hydrogens is 320 g/mol. The Labute approximate surface area is 158 Å². The van der Waals surface area contributed by atoms with Crippen LogP contribution in [-0.2, 0) is 0 Å². The maximum atomic E-state index is 6.17. The molecule has 1 aliphatic rings. The molecule has 0 aliphatic carbocycles. The molecule has 1 fully saturated rings. The SMILES string of the molecule is Cc1ccc(C(C)C)c(OCCCN2CCCC[C@H]2c2cccnc2)c1. The summed E-state index contributed by atoms with van der Waals surface area (Å²) in [6.07, 6.45) is 8.80. The van der Waals surface area contributed by atoms with Gasteiger partial charge in [0.2, 0.25) is 0 Å². The lowest BCUT2D eigenvalue weighted by Gasteiger charge is -2.35. The smallest absolute Gasteiger partial charge is 0.122 e. The molecule has 1 aliphatic heterocycles. The first-order valence-electron chi connectivity index (χ1n) is 10.0. The van der Waals surface area contributed by atoms with Crippen molar-refractivity contribution in [1.29, 1.82) is 0 Å². The molecule has 3 nitrogen and oxygen atoms in total. The molecule has 140 valence electrons. The van der Waals surface area contributed by atoms with Gasteiger partial charge in [0.1, 0.15) is 5.75 Å². The van der Waals surface area contributed by atoms with Gasteiger partial charge in [-0.2, -0.15) is 0 Å². The number of hydrogen-bond acceptors (Lipinski definition) is 3. The normalized spacial score (nSPS) is 18.2. The lowest BCUT2D eigenvalue weighted by molar-refractivity contribution is 0.137. The van der Waals surface area contributed by atoms with Gasteiger partial charge in [-0.25, -0.2) is 0 Å². The average Bonchev–Trinajstić information content (AvgIpc) is 2.66. The van der Waals surface area contributed by atoms with Crippen LogP contribution in [0.1, 0.15) is 68.2 Å². The molecule has 0 spiro atoms. The summed E-state index contributed by atoms with van der Waals surface area (Å²) < 4.78 is 6.17. The summed E-state index contributed by atoms with van der Waals surface area (Å²) in [5.41, 5.74) is 3.92. The number of rotatable bonds is 7. The van der Waals surface area contributed by atoms with Crippen molar-refractivity contribution in [3.05, 3.63) is 59.4 Å². The Kier molecular flexibility index (Phi) is 6.67. The van der Waals surface area contributed by atoms with Crippen molar-refractivity contribution in [1.82, 2.24) is 9.88 Å². The van der Waals surface area contributed by atoms with Crippen LogP contribution in [0.3, 0.4) is 0 Å². The molecule has 0 unspecified atom stereocenters. The second-order valence-corrected chi connectivity index (χ2v) is 7.73. The van der Waals surface area contributed by atoms with Crippen molar-refractivity contribution in [3.8, 4) is 5.75 Å². The highest BCUT2D eigenvalue weighted by molar-refractivity contribution is 5.39. The van der Waals surface area contributed by atoms with Gasteiger partial charge in [0.25, 0.3) is 0 Å².